The summed E-state index contributed by atoms with van der Waals surface area (Å²) < 4.78 is 18.2. The van der Waals surface area contributed by atoms with Crippen LogP contribution in [0.25, 0.3) is 0 Å². The Labute approximate surface area is 103 Å². The molecule has 18 heavy (non-hydrogen) atoms. The number of carbonyl (C=O) groups is 2. The first-order valence-corrected chi connectivity index (χ1v) is 5.51. The van der Waals surface area contributed by atoms with Crippen LogP contribution in [0.5, 0.6) is 5.75 Å². The quantitative estimate of drug-likeness (QED) is 0.844. The van der Waals surface area contributed by atoms with Gasteiger partial charge in [0, 0.05) is 6.42 Å². The summed E-state index contributed by atoms with van der Waals surface area (Å²) in [4.78, 5) is 21.9. The lowest BCUT2D eigenvalue weighted by Gasteiger charge is -2.13. The molecule has 2 rings (SSSR count). The number of nitrogens with one attached hydrogen (secondary N) is 1. The van der Waals surface area contributed by atoms with E-state index in [2.05, 4.69) is 5.32 Å². The van der Waals surface area contributed by atoms with Gasteiger partial charge in [0.05, 0.1) is 6.04 Å². The van der Waals surface area contributed by atoms with Gasteiger partial charge in [-0.05, 0) is 24.6 Å². The Balaban J connectivity index is 2.04. The summed E-state index contributed by atoms with van der Waals surface area (Å²) in [6.45, 7) is 0.178. The van der Waals surface area contributed by atoms with Crippen molar-refractivity contribution < 1.29 is 23.8 Å². The van der Waals surface area contributed by atoms with Gasteiger partial charge in [-0.25, -0.2) is 9.18 Å². The second-order valence-corrected chi connectivity index (χ2v) is 4.06. The van der Waals surface area contributed by atoms with E-state index in [0.717, 1.165) is 12.1 Å². The molecule has 0 spiro atoms. The van der Waals surface area contributed by atoms with Crippen molar-refractivity contribution in [2.45, 2.75) is 18.9 Å². The zero-order valence-electron chi connectivity index (χ0n) is 9.48. The molecule has 0 aromatic heterocycles. The second-order valence-electron chi connectivity index (χ2n) is 4.06. The van der Waals surface area contributed by atoms with Gasteiger partial charge in [-0.3, -0.25) is 4.79 Å². The van der Waals surface area contributed by atoms with Gasteiger partial charge in [0.2, 0.25) is 5.91 Å². The van der Waals surface area contributed by atoms with Crippen LogP contribution in [0.4, 0.5) is 4.39 Å². The van der Waals surface area contributed by atoms with E-state index >= 15 is 0 Å². The van der Waals surface area contributed by atoms with Crippen LogP contribution in [-0.2, 0) is 4.79 Å². The Hall–Kier alpha value is -2.11. The van der Waals surface area contributed by atoms with E-state index in [9.17, 15) is 14.0 Å². The average molecular weight is 253 g/mol. The fourth-order valence-corrected chi connectivity index (χ4v) is 1.79. The minimum absolute atomic E-state index is 0.0406. The van der Waals surface area contributed by atoms with E-state index in [0.29, 0.717) is 12.8 Å². The molecule has 2 N–H and O–H groups in total. The largest absolute Gasteiger partial charge is 0.491 e. The molecular weight excluding hydrogens is 241 g/mol. The maximum atomic E-state index is 12.9. The first-order chi connectivity index (χ1) is 8.56. The summed E-state index contributed by atoms with van der Waals surface area (Å²) in [6, 6.07) is 3.19. The summed E-state index contributed by atoms with van der Waals surface area (Å²) in [7, 11) is 0. The third kappa shape index (κ3) is 2.77. The van der Waals surface area contributed by atoms with Crippen molar-refractivity contribution in [3.05, 3.63) is 29.6 Å². The highest BCUT2D eigenvalue weighted by molar-refractivity contribution is 5.90. The van der Waals surface area contributed by atoms with Crippen LogP contribution >= 0.6 is 0 Å². The number of carboxylic acid groups (broad SMARTS) is 1. The molecular formula is C12H12FNO4. The highest BCUT2D eigenvalue weighted by Gasteiger charge is 2.22. The number of halogens is 1. The van der Waals surface area contributed by atoms with E-state index in [1.807, 2.05) is 0 Å². The maximum absolute atomic E-state index is 12.9. The standard InChI is InChI=1S/C12H12FNO4/c13-7-1-3-10(9(5-7)12(16)17)18-6-8-2-4-11(15)14-8/h1,3,5,8H,2,4,6H2,(H,14,15)(H,16,17). The molecule has 1 heterocycles. The van der Waals surface area contributed by atoms with E-state index in [-0.39, 0.29) is 29.9 Å². The molecule has 96 valence electrons. The average Bonchev–Trinajstić information content (AvgIpc) is 2.73. The summed E-state index contributed by atoms with van der Waals surface area (Å²) in [5.74, 6) is -1.82. The monoisotopic (exact) mass is 253 g/mol. The first-order valence-electron chi connectivity index (χ1n) is 5.51. The van der Waals surface area contributed by atoms with Crippen molar-refractivity contribution in [2.75, 3.05) is 6.61 Å². The lowest BCUT2D eigenvalue weighted by Crippen LogP contribution is -2.31. The third-order valence-corrected chi connectivity index (χ3v) is 2.70. The Morgan fingerprint density at radius 3 is 2.94 bits per heavy atom. The van der Waals surface area contributed by atoms with Gasteiger partial charge in [-0.1, -0.05) is 0 Å². The highest BCUT2D eigenvalue weighted by Crippen LogP contribution is 2.20. The summed E-state index contributed by atoms with van der Waals surface area (Å²) in [5.41, 5.74) is -0.223. The van der Waals surface area contributed by atoms with Gasteiger partial charge >= 0.3 is 5.97 Å². The number of amides is 1. The van der Waals surface area contributed by atoms with Crippen molar-refractivity contribution >= 4 is 11.9 Å². The highest BCUT2D eigenvalue weighted by atomic mass is 19.1. The molecule has 1 aliphatic heterocycles. The number of rotatable bonds is 4. The Morgan fingerprint density at radius 2 is 2.33 bits per heavy atom. The van der Waals surface area contributed by atoms with Crippen molar-refractivity contribution in [1.29, 1.82) is 0 Å². The minimum Gasteiger partial charge on any atom is -0.491 e. The predicted octanol–water partition coefficient (Wildman–Crippen LogP) is 1.18. The van der Waals surface area contributed by atoms with Crippen LogP contribution in [0.2, 0.25) is 0 Å². The van der Waals surface area contributed by atoms with Crippen LogP contribution in [0.15, 0.2) is 18.2 Å². The van der Waals surface area contributed by atoms with E-state index < -0.39 is 11.8 Å². The molecule has 1 saturated heterocycles. The molecule has 0 radical (unpaired) electrons. The lowest BCUT2D eigenvalue weighted by atomic mass is 10.2. The minimum atomic E-state index is -1.25. The molecule has 1 fully saturated rings. The van der Waals surface area contributed by atoms with Crippen LogP contribution in [0.1, 0.15) is 23.2 Å². The molecule has 1 aliphatic rings. The number of aromatic carboxylic acids is 1. The van der Waals surface area contributed by atoms with Gasteiger partial charge in [0.15, 0.2) is 0 Å². The molecule has 0 bridgehead atoms. The number of hydrogen-bond donors (Lipinski definition) is 2. The topological polar surface area (TPSA) is 75.6 Å². The van der Waals surface area contributed by atoms with Gasteiger partial charge in [-0.2, -0.15) is 0 Å². The van der Waals surface area contributed by atoms with Crippen molar-refractivity contribution in [3.8, 4) is 5.75 Å². The van der Waals surface area contributed by atoms with Crippen LogP contribution in [0.3, 0.4) is 0 Å². The van der Waals surface area contributed by atoms with Crippen molar-refractivity contribution in [1.82, 2.24) is 5.32 Å². The van der Waals surface area contributed by atoms with Crippen molar-refractivity contribution in [2.24, 2.45) is 0 Å². The molecule has 0 aliphatic carbocycles. The van der Waals surface area contributed by atoms with Crippen LogP contribution < -0.4 is 10.1 Å². The second kappa shape index (κ2) is 5.03. The van der Waals surface area contributed by atoms with E-state index in [1.165, 1.54) is 6.07 Å². The molecule has 0 saturated carbocycles. The van der Waals surface area contributed by atoms with Crippen LogP contribution in [-0.4, -0.2) is 29.6 Å². The molecule has 6 heteroatoms. The summed E-state index contributed by atoms with van der Waals surface area (Å²) in [5, 5.41) is 11.6. The van der Waals surface area contributed by atoms with Gasteiger partial charge in [0.25, 0.3) is 0 Å². The Morgan fingerprint density at radius 1 is 1.56 bits per heavy atom. The van der Waals surface area contributed by atoms with Gasteiger partial charge < -0.3 is 15.2 Å². The normalized spacial score (nSPS) is 18.5. The smallest absolute Gasteiger partial charge is 0.339 e. The number of hydrogen-bond acceptors (Lipinski definition) is 3. The van der Waals surface area contributed by atoms with E-state index in [4.69, 9.17) is 9.84 Å². The van der Waals surface area contributed by atoms with Gasteiger partial charge in [0.1, 0.15) is 23.7 Å². The summed E-state index contributed by atoms with van der Waals surface area (Å²) in [6.07, 6.45) is 1.10. The molecule has 1 atom stereocenters. The third-order valence-electron chi connectivity index (χ3n) is 2.70. The Kier molecular flexibility index (Phi) is 3.45. The fraction of sp³-hybridized carbons (Fsp3) is 0.333. The summed E-state index contributed by atoms with van der Waals surface area (Å²) >= 11 is 0. The molecule has 1 amide bonds. The van der Waals surface area contributed by atoms with Gasteiger partial charge in [-0.15, -0.1) is 0 Å². The zero-order valence-corrected chi connectivity index (χ0v) is 9.48. The SMILES string of the molecule is O=C1CCC(COc2ccc(F)cc2C(=O)O)N1. The van der Waals surface area contributed by atoms with E-state index in [1.54, 1.807) is 0 Å². The number of carbonyl (C=O) groups excluding carboxylic acids is 1. The molecule has 1 aromatic carbocycles. The Bertz CT molecular complexity index is 489. The lowest BCUT2D eigenvalue weighted by molar-refractivity contribution is -0.119. The molecule has 5 nitrogen and oxygen atoms in total. The first kappa shape index (κ1) is 12.3. The molecule has 1 unspecified atom stereocenters. The maximum Gasteiger partial charge on any atom is 0.339 e. The zero-order chi connectivity index (χ0) is 13.1. The number of carboxylic acids is 1. The van der Waals surface area contributed by atoms with Crippen molar-refractivity contribution in [3.63, 3.8) is 0 Å². The number of ether oxygens (including phenoxy) is 1. The number of benzene rings is 1. The van der Waals surface area contributed by atoms with Crippen LogP contribution in [0, 0.1) is 5.82 Å². The fourth-order valence-electron chi connectivity index (χ4n) is 1.79. The predicted molar refractivity (Wildman–Crippen MR) is 60.0 cm³/mol. The molecule has 1 aromatic rings.